The Morgan fingerprint density at radius 2 is 1.85 bits per heavy atom. The Morgan fingerprint density at radius 1 is 1.18 bits per heavy atom. The number of piperazine rings is 1. The fraction of sp³-hybridized carbons (Fsp3) is 0.500. The van der Waals surface area contributed by atoms with Gasteiger partial charge in [-0.15, -0.1) is 5.92 Å². The molecule has 2 atom stereocenters. The van der Waals surface area contributed by atoms with Gasteiger partial charge in [0.05, 0.1) is 11.6 Å². The van der Waals surface area contributed by atoms with E-state index in [1.54, 1.807) is 38.1 Å². The Labute approximate surface area is 203 Å². The Hall–Kier alpha value is -2.32. The monoisotopic (exact) mass is 496 g/mol. The second-order valence-electron chi connectivity index (χ2n) is 8.72. The van der Waals surface area contributed by atoms with Crippen LogP contribution < -0.4 is 16.4 Å². The summed E-state index contributed by atoms with van der Waals surface area (Å²) in [5, 5.41) is 0.616. The van der Waals surface area contributed by atoms with Gasteiger partial charge in [0.1, 0.15) is 6.04 Å². The number of alkyl halides is 3. The van der Waals surface area contributed by atoms with Crippen LogP contribution in [-0.2, 0) is 15.1 Å². The molecule has 2 aliphatic heterocycles. The van der Waals surface area contributed by atoms with E-state index >= 15 is 0 Å². The molecular formula is C24H31F3N4O2S. The first kappa shape index (κ1) is 26.3. The molecule has 2 saturated heterocycles. The highest BCUT2D eigenvalue weighted by molar-refractivity contribution is 8.00. The zero-order valence-corrected chi connectivity index (χ0v) is 20.6. The number of allylic oxidation sites excluding steroid dienone is 3. The van der Waals surface area contributed by atoms with Crippen LogP contribution in [0.25, 0.3) is 0 Å². The summed E-state index contributed by atoms with van der Waals surface area (Å²) in [6.45, 7) is 7.89. The highest BCUT2D eigenvalue weighted by atomic mass is 32.2. The third-order valence-corrected chi connectivity index (χ3v) is 6.50. The molecule has 3 rings (SSSR count). The van der Waals surface area contributed by atoms with Crippen LogP contribution in [0.3, 0.4) is 0 Å². The normalized spacial score (nSPS) is 26.3. The molecule has 0 aliphatic carbocycles. The van der Waals surface area contributed by atoms with Crippen molar-refractivity contribution < 1.29 is 22.6 Å². The van der Waals surface area contributed by atoms with Gasteiger partial charge in [0.15, 0.2) is 5.79 Å². The molecule has 0 bridgehead atoms. The summed E-state index contributed by atoms with van der Waals surface area (Å²) in [5.74, 6) is 4.84. The molecule has 0 amide bonds. The Balaban J connectivity index is 1.79. The van der Waals surface area contributed by atoms with Gasteiger partial charge < -0.3 is 25.8 Å². The highest BCUT2D eigenvalue weighted by Gasteiger charge is 2.63. The number of ether oxygens (including phenoxy) is 2. The number of hydrogen-bond donors (Lipinski definition) is 2. The maximum Gasteiger partial charge on any atom is 0.424 e. The Bertz CT molecular complexity index is 994. The van der Waals surface area contributed by atoms with Gasteiger partial charge in [0.25, 0.3) is 0 Å². The molecule has 1 aromatic carbocycles. The first-order valence-corrected chi connectivity index (χ1v) is 11.7. The van der Waals surface area contributed by atoms with Crippen LogP contribution in [0.1, 0.15) is 33.3 Å². The Morgan fingerprint density at radius 3 is 2.38 bits per heavy atom. The van der Waals surface area contributed by atoms with Gasteiger partial charge in [-0.1, -0.05) is 18.1 Å². The van der Waals surface area contributed by atoms with Crippen molar-refractivity contribution in [2.75, 3.05) is 31.1 Å². The summed E-state index contributed by atoms with van der Waals surface area (Å²) in [4.78, 5) is 2.09. The van der Waals surface area contributed by atoms with Crippen LogP contribution >= 0.6 is 11.9 Å². The molecule has 0 saturated carbocycles. The smallest absolute Gasteiger partial charge is 0.402 e. The molecular weight excluding hydrogens is 465 g/mol. The third kappa shape index (κ3) is 5.84. The summed E-state index contributed by atoms with van der Waals surface area (Å²) in [7, 11) is 0. The van der Waals surface area contributed by atoms with Crippen LogP contribution in [0.4, 0.5) is 18.9 Å². The number of nitrogens with two attached hydrogens (primary N) is 2. The second-order valence-corrected chi connectivity index (χ2v) is 9.90. The molecule has 0 aromatic heterocycles. The Kier molecular flexibility index (Phi) is 7.82. The van der Waals surface area contributed by atoms with E-state index in [0.717, 1.165) is 5.69 Å². The van der Waals surface area contributed by atoms with E-state index in [1.807, 2.05) is 0 Å². The molecule has 34 heavy (non-hydrogen) atoms. The lowest BCUT2D eigenvalue weighted by Crippen LogP contribution is -2.50. The van der Waals surface area contributed by atoms with Crippen molar-refractivity contribution in [3.05, 3.63) is 52.7 Å². The molecule has 2 aliphatic rings. The van der Waals surface area contributed by atoms with E-state index in [1.165, 1.54) is 37.9 Å². The first-order chi connectivity index (χ1) is 15.9. The van der Waals surface area contributed by atoms with Crippen LogP contribution in [0.15, 0.2) is 47.1 Å². The molecule has 0 spiro atoms. The lowest BCUT2D eigenvalue weighted by molar-refractivity contribution is -0.289. The van der Waals surface area contributed by atoms with Crippen molar-refractivity contribution in [3.63, 3.8) is 0 Å². The minimum Gasteiger partial charge on any atom is -0.402 e. The maximum absolute atomic E-state index is 14.0. The van der Waals surface area contributed by atoms with Crippen LogP contribution in [-0.4, -0.2) is 48.6 Å². The van der Waals surface area contributed by atoms with Crippen molar-refractivity contribution in [2.24, 2.45) is 11.5 Å². The zero-order chi connectivity index (χ0) is 25.1. The van der Waals surface area contributed by atoms with Gasteiger partial charge >= 0.3 is 6.18 Å². The lowest BCUT2D eigenvalue weighted by Gasteiger charge is -2.40. The average Bonchev–Trinajstić information content (AvgIpc) is 3.10. The number of anilines is 1. The molecule has 2 fully saturated rings. The van der Waals surface area contributed by atoms with Gasteiger partial charge in [-0.3, -0.25) is 0 Å². The fourth-order valence-electron chi connectivity index (χ4n) is 3.95. The number of hydrogen-bond acceptors (Lipinski definition) is 7. The summed E-state index contributed by atoms with van der Waals surface area (Å²) in [6, 6.07) is 6.17. The summed E-state index contributed by atoms with van der Waals surface area (Å²) < 4.78 is 54.9. The predicted octanol–water partition coefficient (Wildman–Crippen LogP) is 4.05. The molecule has 2 heterocycles. The second kappa shape index (κ2) is 10.1. The summed E-state index contributed by atoms with van der Waals surface area (Å²) >= 11 is 1.43. The van der Waals surface area contributed by atoms with Crippen molar-refractivity contribution in [2.45, 2.75) is 51.3 Å². The van der Waals surface area contributed by atoms with E-state index in [2.05, 4.69) is 21.0 Å². The van der Waals surface area contributed by atoms with Gasteiger partial charge in [-0.2, -0.15) is 13.2 Å². The zero-order valence-electron chi connectivity index (χ0n) is 19.8. The topological polar surface area (TPSA) is 77.0 Å². The summed E-state index contributed by atoms with van der Waals surface area (Å²) in [5.41, 5.74) is 10.7. The fourth-order valence-corrected chi connectivity index (χ4v) is 4.77. The number of rotatable bonds is 5. The van der Waals surface area contributed by atoms with E-state index in [0.29, 0.717) is 30.4 Å². The number of benzene rings is 1. The lowest BCUT2D eigenvalue weighted by atomic mass is 9.93. The highest BCUT2D eigenvalue weighted by Crippen LogP contribution is 2.49. The quantitative estimate of drug-likeness (QED) is 0.362. The van der Waals surface area contributed by atoms with E-state index < -0.39 is 24.2 Å². The minimum atomic E-state index is -4.62. The third-order valence-electron chi connectivity index (χ3n) is 5.57. The van der Waals surface area contributed by atoms with Crippen LogP contribution in [0.5, 0.6) is 0 Å². The number of halogens is 3. The molecule has 0 radical (unpaired) electrons. The largest absolute Gasteiger partial charge is 0.424 e. The minimum absolute atomic E-state index is 0.0165. The van der Waals surface area contributed by atoms with Gasteiger partial charge in [0, 0.05) is 31.0 Å². The molecule has 10 heteroatoms. The van der Waals surface area contributed by atoms with E-state index in [4.69, 9.17) is 20.9 Å². The van der Waals surface area contributed by atoms with Crippen molar-refractivity contribution in [1.29, 1.82) is 0 Å². The maximum atomic E-state index is 14.0. The van der Waals surface area contributed by atoms with Crippen molar-refractivity contribution in [3.8, 4) is 11.8 Å². The van der Waals surface area contributed by atoms with Crippen molar-refractivity contribution in [1.82, 2.24) is 4.31 Å². The average molecular weight is 497 g/mol. The molecule has 1 aromatic rings. The van der Waals surface area contributed by atoms with Gasteiger partial charge in [-0.05, 0) is 69.5 Å². The molecule has 186 valence electrons. The standard InChI is InChI=1S/C24H31F3N4O2S/c1-5-6-20-15-30(34-21(29)12-7-17(2)28)13-14-31(20)19-10-8-18(9-11-19)23(24(25,26)27)16-32-22(3,4)33-23/h7-12,20H,13-16,28-29H2,1-4H3/b17-7-,21-12+. The van der Waals surface area contributed by atoms with E-state index in [9.17, 15) is 13.2 Å². The van der Waals surface area contributed by atoms with Gasteiger partial charge in [-0.25, -0.2) is 4.31 Å². The van der Waals surface area contributed by atoms with E-state index in [-0.39, 0.29) is 11.6 Å². The predicted molar refractivity (Wildman–Crippen MR) is 129 cm³/mol. The first-order valence-electron chi connectivity index (χ1n) is 10.9. The summed E-state index contributed by atoms with van der Waals surface area (Å²) in [6.07, 6.45) is -1.11. The SMILES string of the molecule is CC#CC1CN(S/C(N)=C/C=C(/C)N)CCN1c1ccc(C2(C(F)(F)F)COC(C)(C)O2)cc1. The molecule has 4 N–H and O–H groups in total. The molecule has 6 nitrogen and oxygen atoms in total. The van der Waals surface area contributed by atoms with Crippen LogP contribution in [0.2, 0.25) is 0 Å². The van der Waals surface area contributed by atoms with Crippen molar-refractivity contribution >= 4 is 17.6 Å². The molecule has 2 unspecified atom stereocenters. The number of nitrogens with zero attached hydrogens (tertiary/aromatic N) is 2. The van der Waals surface area contributed by atoms with Crippen LogP contribution in [0, 0.1) is 11.8 Å². The van der Waals surface area contributed by atoms with Gasteiger partial charge in [0.2, 0.25) is 5.60 Å².